The molecular weight excluding hydrogens is 306 g/mol. The van der Waals surface area contributed by atoms with Crippen molar-refractivity contribution in [2.45, 2.75) is 71.3 Å². The Morgan fingerprint density at radius 1 is 1.17 bits per heavy atom. The largest absolute Gasteiger partial charge is 0.464 e. The number of ether oxygens (including phenoxy) is 2. The zero-order chi connectivity index (χ0) is 17.8. The lowest BCUT2D eigenvalue weighted by Crippen LogP contribution is -2.47. The molecule has 0 spiro atoms. The monoisotopic (exact) mass is 339 g/mol. The molecule has 0 heterocycles. The van der Waals surface area contributed by atoms with Crippen LogP contribution in [-0.2, 0) is 14.3 Å². The first-order chi connectivity index (χ1) is 11.5. The summed E-state index contributed by atoms with van der Waals surface area (Å²) in [5.41, 5.74) is 0. The molecule has 1 aliphatic carbocycles. The van der Waals surface area contributed by atoms with Gasteiger partial charge in [-0.05, 0) is 43.9 Å². The maximum atomic E-state index is 12.4. The summed E-state index contributed by atoms with van der Waals surface area (Å²) >= 11 is 0. The highest BCUT2D eigenvalue weighted by atomic mass is 16.6. The van der Waals surface area contributed by atoms with Crippen LogP contribution in [0.3, 0.4) is 0 Å². The Labute approximate surface area is 146 Å². The van der Waals surface area contributed by atoms with E-state index in [-0.39, 0.29) is 18.5 Å². The van der Waals surface area contributed by atoms with Crippen LogP contribution in [0.25, 0.3) is 0 Å². The molecule has 5 heteroatoms. The molecule has 0 radical (unpaired) electrons. The molecule has 0 aromatic carbocycles. The predicted molar refractivity (Wildman–Crippen MR) is 94.7 cm³/mol. The molecule has 1 rings (SSSR count). The number of nitrogens with one attached hydrogen (secondary N) is 1. The molecule has 1 N–H and O–H groups in total. The molecule has 0 aromatic rings. The predicted octanol–water partition coefficient (Wildman–Crippen LogP) is 4.22. The van der Waals surface area contributed by atoms with Crippen LogP contribution >= 0.6 is 0 Å². The van der Waals surface area contributed by atoms with Crippen molar-refractivity contribution < 1.29 is 19.1 Å². The number of amides is 1. The van der Waals surface area contributed by atoms with Gasteiger partial charge in [-0.15, -0.1) is 6.58 Å². The quantitative estimate of drug-likeness (QED) is 0.368. The first kappa shape index (κ1) is 20.5. The van der Waals surface area contributed by atoms with Gasteiger partial charge in [-0.3, -0.25) is 0 Å². The van der Waals surface area contributed by atoms with Crippen LogP contribution in [0.2, 0.25) is 0 Å². The molecule has 1 saturated carbocycles. The van der Waals surface area contributed by atoms with Crippen molar-refractivity contribution in [3.63, 3.8) is 0 Å². The minimum absolute atomic E-state index is 0.142. The maximum Gasteiger partial charge on any atom is 0.407 e. The van der Waals surface area contributed by atoms with Crippen LogP contribution in [0.1, 0.15) is 65.2 Å². The van der Waals surface area contributed by atoms with E-state index in [0.29, 0.717) is 18.9 Å². The lowest BCUT2D eigenvalue weighted by Gasteiger charge is -2.29. The van der Waals surface area contributed by atoms with Gasteiger partial charge in [0.1, 0.15) is 6.04 Å². The second-order valence-electron chi connectivity index (χ2n) is 6.94. The topological polar surface area (TPSA) is 64.6 Å². The van der Waals surface area contributed by atoms with Crippen molar-refractivity contribution in [1.82, 2.24) is 5.32 Å². The van der Waals surface area contributed by atoms with E-state index in [1.54, 1.807) is 6.08 Å². The summed E-state index contributed by atoms with van der Waals surface area (Å²) in [5.74, 6) is 0.408. The Bertz CT molecular complexity index is 389. The third kappa shape index (κ3) is 8.37. The summed E-state index contributed by atoms with van der Waals surface area (Å²) in [6.07, 6.45) is 8.88. The van der Waals surface area contributed by atoms with Crippen LogP contribution in [0.4, 0.5) is 4.79 Å². The third-order valence-electron chi connectivity index (χ3n) is 4.37. The molecule has 0 saturated heterocycles. The highest BCUT2D eigenvalue weighted by Crippen LogP contribution is 2.27. The van der Waals surface area contributed by atoms with Gasteiger partial charge in [-0.2, -0.15) is 0 Å². The molecule has 138 valence electrons. The first-order valence-electron chi connectivity index (χ1n) is 9.25. The van der Waals surface area contributed by atoms with Gasteiger partial charge >= 0.3 is 12.1 Å². The lowest BCUT2D eigenvalue weighted by atomic mass is 9.84. The fourth-order valence-corrected chi connectivity index (χ4v) is 2.99. The summed E-state index contributed by atoms with van der Waals surface area (Å²) in [7, 11) is 0. The van der Waals surface area contributed by atoms with Crippen molar-refractivity contribution >= 4 is 12.1 Å². The standard InChI is InChI=1S/C19H33NO4/c1-4-5-13-24-19(22)20-17(16-11-7-6-8-12-16)18(21)23-14-9-10-15(2)3/h4,15-17H,1,5-14H2,2-3H3,(H,20,22). The van der Waals surface area contributed by atoms with Crippen molar-refractivity contribution in [2.24, 2.45) is 11.8 Å². The number of rotatable bonds is 10. The highest BCUT2D eigenvalue weighted by molar-refractivity contribution is 5.81. The number of hydrogen-bond donors (Lipinski definition) is 1. The summed E-state index contributed by atoms with van der Waals surface area (Å²) in [6.45, 7) is 8.57. The fraction of sp³-hybridized carbons (Fsp3) is 0.789. The molecule has 0 aromatic heterocycles. The Kier molecular flexibility index (Phi) is 10.2. The molecule has 0 bridgehead atoms. The maximum absolute atomic E-state index is 12.4. The molecule has 0 aliphatic heterocycles. The zero-order valence-electron chi connectivity index (χ0n) is 15.2. The van der Waals surface area contributed by atoms with Gasteiger partial charge in [0.15, 0.2) is 0 Å². The normalized spacial score (nSPS) is 16.5. The van der Waals surface area contributed by atoms with E-state index < -0.39 is 12.1 Å². The Morgan fingerprint density at radius 3 is 2.50 bits per heavy atom. The number of hydrogen-bond acceptors (Lipinski definition) is 4. The number of carbonyl (C=O) groups is 2. The molecule has 1 aliphatic rings. The fourth-order valence-electron chi connectivity index (χ4n) is 2.99. The minimum atomic E-state index is -0.597. The Hall–Kier alpha value is -1.52. The highest BCUT2D eigenvalue weighted by Gasteiger charge is 2.32. The van der Waals surface area contributed by atoms with Crippen LogP contribution in [-0.4, -0.2) is 31.3 Å². The molecule has 24 heavy (non-hydrogen) atoms. The third-order valence-corrected chi connectivity index (χ3v) is 4.37. The van der Waals surface area contributed by atoms with E-state index in [1.165, 1.54) is 6.42 Å². The van der Waals surface area contributed by atoms with Crippen LogP contribution in [0.15, 0.2) is 12.7 Å². The molecular formula is C19H33NO4. The minimum Gasteiger partial charge on any atom is -0.464 e. The first-order valence-corrected chi connectivity index (χ1v) is 9.25. The second-order valence-corrected chi connectivity index (χ2v) is 6.94. The van der Waals surface area contributed by atoms with Gasteiger partial charge in [0.05, 0.1) is 13.2 Å². The van der Waals surface area contributed by atoms with Gasteiger partial charge in [-0.25, -0.2) is 9.59 Å². The van der Waals surface area contributed by atoms with Crippen molar-refractivity contribution in [2.75, 3.05) is 13.2 Å². The number of alkyl carbamates (subject to hydrolysis) is 1. The van der Waals surface area contributed by atoms with Crippen LogP contribution in [0, 0.1) is 11.8 Å². The summed E-state index contributed by atoms with van der Waals surface area (Å²) < 4.78 is 10.5. The molecule has 1 amide bonds. The lowest BCUT2D eigenvalue weighted by molar-refractivity contribution is -0.148. The Balaban J connectivity index is 2.51. The number of carbonyl (C=O) groups excluding carboxylic acids is 2. The Morgan fingerprint density at radius 2 is 1.88 bits per heavy atom. The SMILES string of the molecule is C=CCCOC(=O)NC(C(=O)OCCCC(C)C)C1CCCCC1. The van der Waals surface area contributed by atoms with Crippen molar-refractivity contribution in [3.8, 4) is 0 Å². The average Bonchev–Trinajstić information content (AvgIpc) is 2.57. The van der Waals surface area contributed by atoms with Crippen molar-refractivity contribution in [1.29, 1.82) is 0 Å². The van der Waals surface area contributed by atoms with Gasteiger partial charge < -0.3 is 14.8 Å². The van der Waals surface area contributed by atoms with E-state index in [0.717, 1.165) is 38.5 Å². The molecule has 1 unspecified atom stereocenters. The van der Waals surface area contributed by atoms with Crippen molar-refractivity contribution in [3.05, 3.63) is 12.7 Å². The van der Waals surface area contributed by atoms with E-state index in [4.69, 9.17) is 9.47 Å². The van der Waals surface area contributed by atoms with Gasteiger partial charge in [0.2, 0.25) is 0 Å². The molecule has 1 atom stereocenters. The van der Waals surface area contributed by atoms with Crippen LogP contribution in [0.5, 0.6) is 0 Å². The van der Waals surface area contributed by atoms with Gasteiger partial charge in [0, 0.05) is 0 Å². The van der Waals surface area contributed by atoms with Gasteiger partial charge in [0.25, 0.3) is 0 Å². The number of esters is 1. The second kappa shape index (κ2) is 11.9. The van der Waals surface area contributed by atoms with Crippen LogP contribution < -0.4 is 5.32 Å². The van der Waals surface area contributed by atoms with Gasteiger partial charge in [-0.1, -0.05) is 39.2 Å². The molecule has 5 nitrogen and oxygen atoms in total. The average molecular weight is 339 g/mol. The van der Waals surface area contributed by atoms with E-state index >= 15 is 0 Å². The zero-order valence-corrected chi connectivity index (χ0v) is 15.2. The summed E-state index contributed by atoms with van der Waals surface area (Å²) in [6, 6.07) is -0.597. The van der Waals surface area contributed by atoms with E-state index in [1.807, 2.05) is 0 Å². The summed E-state index contributed by atoms with van der Waals surface area (Å²) in [5, 5.41) is 2.73. The molecule has 1 fully saturated rings. The van der Waals surface area contributed by atoms with E-state index in [2.05, 4.69) is 25.7 Å². The summed E-state index contributed by atoms with van der Waals surface area (Å²) in [4.78, 5) is 24.4. The van der Waals surface area contributed by atoms with E-state index in [9.17, 15) is 9.59 Å². The smallest absolute Gasteiger partial charge is 0.407 e.